The Bertz CT molecular complexity index is 345. The SMILES string of the molecule is CCCn1ncc(Cl)c1C(C)(C)CC(C)O. The molecule has 0 aliphatic carbocycles. The minimum Gasteiger partial charge on any atom is -0.393 e. The predicted molar refractivity (Wildman–Crippen MR) is 66.9 cm³/mol. The van der Waals surface area contributed by atoms with Crippen molar-refractivity contribution in [2.75, 3.05) is 0 Å². The molecule has 1 N–H and O–H groups in total. The third-order valence-electron chi connectivity index (χ3n) is 2.68. The van der Waals surface area contributed by atoms with Crippen LogP contribution in [0.25, 0.3) is 0 Å². The van der Waals surface area contributed by atoms with E-state index in [1.54, 1.807) is 13.1 Å². The van der Waals surface area contributed by atoms with Gasteiger partial charge < -0.3 is 5.11 Å². The van der Waals surface area contributed by atoms with Crippen molar-refractivity contribution >= 4 is 11.6 Å². The van der Waals surface area contributed by atoms with Gasteiger partial charge in [-0.15, -0.1) is 0 Å². The van der Waals surface area contributed by atoms with Crippen molar-refractivity contribution in [2.24, 2.45) is 0 Å². The van der Waals surface area contributed by atoms with Crippen molar-refractivity contribution in [3.8, 4) is 0 Å². The molecule has 16 heavy (non-hydrogen) atoms. The van der Waals surface area contributed by atoms with Gasteiger partial charge in [0.15, 0.2) is 0 Å². The van der Waals surface area contributed by atoms with Crippen molar-refractivity contribution in [1.82, 2.24) is 9.78 Å². The lowest BCUT2D eigenvalue weighted by Gasteiger charge is -2.27. The summed E-state index contributed by atoms with van der Waals surface area (Å²) in [5.41, 5.74) is 0.869. The molecule has 3 nitrogen and oxygen atoms in total. The smallest absolute Gasteiger partial charge is 0.0823 e. The Hall–Kier alpha value is -0.540. The third kappa shape index (κ3) is 2.98. The van der Waals surface area contributed by atoms with E-state index in [-0.39, 0.29) is 11.5 Å². The van der Waals surface area contributed by atoms with Crippen LogP contribution >= 0.6 is 11.6 Å². The van der Waals surface area contributed by atoms with E-state index >= 15 is 0 Å². The number of aromatic nitrogens is 2. The number of aliphatic hydroxyl groups is 1. The van der Waals surface area contributed by atoms with E-state index in [2.05, 4.69) is 25.9 Å². The molecule has 0 saturated carbocycles. The first-order valence-corrected chi connectivity index (χ1v) is 6.16. The standard InChI is InChI=1S/C12H21ClN2O/c1-5-6-15-11(10(13)8-14-15)12(3,4)7-9(2)16/h8-9,16H,5-7H2,1-4H3. The zero-order chi connectivity index (χ0) is 12.3. The highest BCUT2D eigenvalue weighted by atomic mass is 35.5. The summed E-state index contributed by atoms with van der Waals surface area (Å²) in [7, 11) is 0. The Morgan fingerprint density at radius 3 is 2.69 bits per heavy atom. The average molecular weight is 245 g/mol. The third-order valence-corrected chi connectivity index (χ3v) is 2.95. The van der Waals surface area contributed by atoms with Crippen molar-refractivity contribution in [2.45, 2.75) is 58.6 Å². The zero-order valence-electron chi connectivity index (χ0n) is 10.5. The van der Waals surface area contributed by atoms with Crippen molar-refractivity contribution in [3.63, 3.8) is 0 Å². The van der Waals surface area contributed by atoms with E-state index < -0.39 is 0 Å². The number of halogens is 1. The highest BCUT2D eigenvalue weighted by Crippen LogP contribution is 2.33. The molecule has 0 amide bonds. The summed E-state index contributed by atoms with van der Waals surface area (Å²) in [6, 6.07) is 0. The number of aliphatic hydroxyl groups excluding tert-OH is 1. The molecule has 0 radical (unpaired) electrons. The number of aryl methyl sites for hydroxylation is 1. The Morgan fingerprint density at radius 1 is 1.56 bits per heavy atom. The van der Waals surface area contributed by atoms with E-state index in [0.29, 0.717) is 11.4 Å². The second-order valence-electron chi connectivity index (χ2n) is 5.00. The number of hydrogen-bond donors (Lipinski definition) is 1. The lowest BCUT2D eigenvalue weighted by Crippen LogP contribution is -2.27. The maximum Gasteiger partial charge on any atom is 0.0823 e. The van der Waals surface area contributed by atoms with Crippen molar-refractivity contribution in [3.05, 3.63) is 16.9 Å². The topological polar surface area (TPSA) is 38.0 Å². The lowest BCUT2D eigenvalue weighted by atomic mass is 9.83. The molecule has 1 aromatic heterocycles. The van der Waals surface area contributed by atoms with Crippen LogP contribution < -0.4 is 0 Å². The first-order valence-electron chi connectivity index (χ1n) is 5.78. The van der Waals surface area contributed by atoms with Crippen molar-refractivity contribution < 1.29 is 5.11 Å². The summed E-state index contributed by atoms with van der Waals surface area (Å²) in [6.07, 6.45) is 3.06. The van der Waals surface area contributed by atoms with Gasteiger partial charge in [0, 0.05) is 12.0 Å². The molecule has 0 aromatic carbocycles. The minimum absolute atomic E-state index is 0.156. The number of nitrogens with zero attached hydrogens (tertiary/aromatic N) is 2. The largest absolute Gasteiger partial charge is 0.393 e. The van der Waals surface area contributed by atoms with Crippen LogP contribution in [0.5, 0.6) is 0 Å². The van der Waals surface area contributed by atoms with Gasteiger partial charge in [0.2, 0.25) is 0 Å². The molecular weight excluding hydrogens is 224 g/mol. The highest BCUT2D eigenvalue weighted by molar-refractivity contribution is 6.31. The van der Waals surface area contributed by atoms with E-state index in [4.69, 9.17) is 11.6 Å². The van der Waals surface area contributed by atoms with Gasteiger partial charge in [-0.2, -0.15) is 5.10 Å². The van der Waals surface area contributed by atoms with Crippen LogP contribution in [0, 0.1) is 0 Å². The van der Waals surface area contributed by atoms with Crippen LogP contribution in [0.2, 0.25) is 5.02 Å². The molecule has 0 spiro atoms. The van der Waals surface area contributed by atoms with Gasteiger partial charge in [-0.3, -0.25) is 4.68 Å². The second kappa shape index (κ2) is 5.19. The van der Waals surface area contributed by atoms with Gasteiger partial charge >= 0.3 is 0 Å². The molecule has 1 unspecified atom stereocenters. The molecule has 1 rings (SSSR count). The van der Waals surface area contributed by atoms with Gasteiger partial charge in [0.1, 0.15) is 0 Å². The monoisotopic (exact) mass is 244 g/mol. The maximum atomic E-state index is 9.53. The molecule has 0 aliphatic heterocycles. The Kier molecular flexibility index (Phi) is 4.39. The van der Waals surface area contributed by atoms with E-state index in [1.807, 2.05) is 4.68 Å². The molecule has 0 fully saturated rings. The fourth-order valence-corrected chi connectivity index (χ4v) is 2.65. The van der Waals surface area contributed by atoms with Gasteiger partial charge in [-0.25, -0.2) is 0 Å². The molecule has 92 valence electrons. The summed E-state index contributed by atoms with van der Waals surface area (Å²) in [4.78, 5) is 0. The second-order valence-corrected chi connectivity index (χ2v) is 5.41. The van der Waals surface area contributed by atoms with Crippen LogP contribution in [0.1, 0.15) is 46.2 Å². The number of rotatable bonds is 5. The molecule has 0 bridgehead atoms. The Labute approximate surface area is 102 Å². The van der Waals surface area contributed by atoms with Crippen LogP contribution in [-0.2, 0) is 12.0 Å². The molecular formula is C12H21ClN2O. The van der Waals surface area contributed by atoms with Crippen LogP contribution in [0.15, 0.2) is 6.20 Å². The zero-order valence-corrected chi connectivity index (χ0v) is 11.3. The van der Waals surface area contributed by atoms with Gasteiger partial charge in [0.25, 0.3) is 0 Å². The van der Waals surface area contributed by atoms with Crippen molar-refractivity contribution in [1.29, 1.82) is 0 Å². The first kappa shape index (κ1) is 13.5. The van der Waals surface area contributed by atoms with Gasteiger partial charge in [-0.05, 0) is 19.8 Å². The van der Waals surface area contributed by atoms with Crippen LogP contribution in [0.3, 0.4) is 0 Å². The quantitative estimate of drug-likeness (QED) is 0.865. The predicted octanol–water partition coefficient (Wildman–Crippen LogP) is 3.00. The summed E-state index contributed by atoms with van der Waals surface area (Å²) in [5, 5.41) is 14.5. The van der Waals surface area contributed by atoms with E-state index in [1.165, 1.54) is 0 Å². The van der Waals surface area contributed by atoms with Crippen LogP contribution in [-0.4, -0.2) is 21.0 Å². The Morgan fingerprint density at radius 2 is 2.19 bits per heavy atom. The van der Waals surface area contributed by atoms with Crippen LogP contribution in [0.4, 0.5) is 0 Å². The van der Waals surface area contributed by atoms with E-state index in [9.17, 15) is 5.11 Å². The summed E-state index contributed by atoms with van der Waals surface area (Å²) in [5.74, 6) is 0. The average Bonchev–Trinajstić information content (AvgIpc) is 2.46. The molecule has 4 heteroatoms. The van der Waals surface area contributed by atoms with Gasteiger partial charge in [-0.1, -0.05) is 32.4 Å². The fourth-order valence-electron chi connectivity index (χ4n) is 2.25. The summed E-state index contributed by atoms with van der Waals surface area (Å²) >= 11 is 6.18. The van der Waals surface area contributed by atoms with Gasteiger partial charge in [0.05, 0.1) is 23.0 Å². The highest BCUT2D eigenvalue weighted by Gasteiger charge is 2.29. The minimum atomic E-state index is -0.337. The normalized spacial score (nSPS) is 14.1. The molecule has 1 aromatic rings. The molecule has 1 heterocycles. The molecule has 1 atom stereocenters. The molecule has 0 saturated heterocycles. The Balaban J connectivity index is 3.04. The summed E-state index contributed by atoms with van der Waals surface area (Å²) < 4.78 is 1.95. The van der Waals surface area contributed by atoms with E-state index in [0.717, 1.165) is 18.7 Å². The summed E-state index contributed by atoms with van der Waals surface area (Å²) in [6.45, 7) is 8.96. The lowest BCUT2D eigenvalue weighted by molar-refractivity contribution is 0.154. The molecule has 0 aliphatic rings. The fraction of sp³-hybridized carbons (Fsp3) is 0.750. The first-order chi connectivity index (χ1) is 7.38. The maximum absolute atomic E-state index is 9.53. The number of hydrogen-bond acceptors (Lipinski definition) is 2.